The number of hydrogen-bond acceptors (Lipinski definition) is 2. The highest BCUT2D eigenvalue weighted by Gasteiger charge is 2.15. The van der Waals surface area contributed by atoms with Gasteiger partial charge < -0.3 is 0 Å². The van der Waals surface area contributed by atoms with E-state index in [1.165, 1.54) is 6.07 Å². The Bertz CT molecular complexity index is 373. The van der Waals surface area contributed by atoms with E-state index in [0.29, 0.717) is 12.1 Å². The smallest absolute Gasteiger partial charge is 0.147 e. The van der Waals surface area contributed by atoms with Gasteiger partial charge in [-0.05, 0) is 19.0 Å². The Balaban J connectivity index is 2.93. The lowest BCUT2D eigenvalue weighted by Crippen LogP contribution is -2.21. The maximum Gasteiger partial charge on any atom is 0.147 e. The summed E-state index contributed by atoms with van der Waals surface area (Å²) in [6.45, 7) is 2.65. The van der Waals surface area contributed by atoms with E-state index in [2.05, 4.69) is 5.32 Å². The van der Waals surface area contributed by atoms with Gasteiger partial charge in [-0.1, -0.05) is 30.7 Å². The standard InChI is InChI=1S/C11H12ClFN2/c1-2-6-15-10(7-14)8-4-3-5-9(12)11(8)13/h3-5,10,15H,2,6H2,1H3. The molecule has 80 valence electrons. The lowest BCUT2D eigenvalue weighted by Gasteiger charge is -2.12. The van der Waals surface area contributed by atoms with E-state index in [4.69, 9.17) is 16.9 Å². The highest BCUT2D eigenvalue weighted by atomic mass is 35.5. The number of nitriles is 1. The molecule has 0 amide bonds. The summed E-state index contributed by atoms with van der Waals surface area (Å²) in [6.07, 6.45) is 0.889. The summed E-state index contributed by atoms with van der Waals surface area (Å²) in [4.78, 5) is 0. The zero-order chi connectivity index (χ0) is 11.3. The first-order valence-corrected chi connectivity index (χ1v) is 5.15. The lowest BCUT2D eigenvalue weighted by molar-refractivity contribution is 0.560. The molecule has 0 bridgehead atoms. The van der Waals surface area contributed by atoms with Crippen LogP contribution in [0.2, 0.25) is 5.02 Å². The van der Waals surface area contributed by atoms with Crippen molar-refractivity contribution < 1.29 is 4.39 Å². The van der Waals surface area contributed by atoms with Crippen LogP contribution in [0.4, 0.5) is 4.39 Å². The third kappa shape index (κ3) is 2.92. The molecule has 1 rings (SSSR count). The Kier molecular flexibility index (Phi) is 4.54. The molecule has 0 heterocycles. The molecule has 0 saturated heterocycles. The van der Waals surface area contributed by atoms with Gasteiger partial charge in [0, 0.05) is 5.56 Å². The molecule has 0 radical (unpaired) electrons. The molecule has 1 N–H and O–H groups in total. The van der Waals surface area contributed by atoms with Gasteiger partial charge in [-0.25, -0.2) is 4.39 Å². The maximum absolute atomic E-state index is 13.5. The van der Waals surface area contributed by atoms with Gasteiger partial charge >= 0.3 is 0 Å². The van der Waals surface area contributed by atoms with E-state index >= 15 is 0 Å². The third-order valence-corrected chi connectivity index (χ3v) is 2.31. The molecule has 0 fully saturated rings. The fourth-order valence-corrected chi connectivity index (χ4v) is 1.44. The topological polar surface area (TPSA) is 35.8 Å². The second kappa shape index (κ2) is 5.69. The molecule has 0 spiro atoms. The van der Waals surface area contributed by atoms with Crippen LogP contribution in [0.1, 0.15) is 24.9 Å². The van der Waals surface area contributed by atoms with Crippen LogP contribution in [0, 0.1) is 17.1 Å². The Morgan fingerprint density at radius 2 is 2.33 bits per heavy atom. The van der Waals surface area contributed by atoms with Crippen LogP contribution in [0.5, 0.6) is 0 Å². The average Bonchev–Trinajstić information content (AvgIpc) is 2.25. The van der Waals surface area contributed by atoms with E-state index < -0.39 is 11.9 Å². The van der Waals surface area contributed by atoms with Crippen molar-refractivity contribution in [3.8, 4) is 6.07 Å². The maximum atomic E-state index is 13.5. The first-order valence-electron chi connectivity index (χ1n) is 4.77. The van der Waals surface area contributed by atoms with Gasteiger partial charge in [-0.3, -0.25) is 5.32 Å². The second-order valence-corrected chi connectivity index (χ2v) is 3.57. The predicted octanol–water partition coefficient (Wildman–Crippen LogP) is 3.04. The van der Waals surface area contributed by atoms with Gasteiger partial charge in [-0.2, -0.15) is 5.26 Å². The Hall–Kier alpha value is -1.11. The van der Waals surface area contributed by atoms with E-state index in [0.717, 1.165) is 6.42 Å². The van der Waals surface area contributed by atoms with Crippen molar-refractivity contribution >= 4 is 11.6 Å². The molecule has 0 aromatic heterocycles. The third-order valence-electron chi connectivity index (χ3n) is 2.02. The van der Waals surface area contributed by atoms with Gasteiger partial charge in [0.2, 0.25) is 0 Å². The molecular formula is C11H12ClFN2. The zero-order valence-corrected chi connectivity index (χ0v) is 9.18. The van der Waals surface area contributed by atoms with Crippen molar-refractivity contribution in [1.82, 2.24) is 5.32 Å². The van der Waals surface area contributed by atoms with Gasteiger partial charge in [0.15, 0.2) is 0 Å². The van der Waals surface area contributed by atoms with Gasteiger partial charge in [0.05, 0.1) is 11.1 Å². The van der Waals surface area contributed by atoms with Crippen molar-refractivity contribution in [2.75, 3.05) is 6.54 Å². The molecule has 1 unspecified atom stereocenters. The highest BCUT2D eigenvalue weighted by molar-refractivity contribution is 6.30. The molecule has 1 aromatic rings. The minimum Gasteiger partial charge on any atom is -0.298 e. The summed E-state index contributed by atoms with van der Waals surface area (Å²) >= 11 is 5.64. The minimum absolute atomic E-state index is 0.0473. The SMILES string of the molecule is CCCNC(C#N)c1cccc(Cl)c1F. The molecule has 0 aliphatic rings. The number of rotatable bonds is 4. The van der Waals surface area contributed by atoms with Crippen LogP contribution in [0.25, 0.3) is 0 Å². The van der Waals surface area contributed by atoms with Crippen LogP contribution in [-0.2, 0) is 0 Å². The van der Waals surface area contributed by atoms with Crippen molar-refractivity contribution in [3.63, 3.8) is 0 Å². The van der Waals surface area contributed by atoms with E-state index in [9.17, 15) is 4.39 Å². The summed E-state index contributed by atoms with van der Waals surface area (Å²) in [7, 11) is 0. The predicted molar refractivity (Wildman–Crippen MR) is 58.1 cm³/mol. The van der Waals surface area contributed by atoms with Gasteiger partial charge in [-0.15, -0.1) is 0 Å². The lowest BCUT2D eigenvalue weighted by atomic mass is 10.1. The Morgan fingerprint density at radius 3 is 2.93 bits per heavy atom. The van der Waals surface area contributed by atoms with E-state index in [1.807, 2.05) is 13.0 Å². The van der Waals surface area contributed by atoms with E-state index in [1.54, 1.807) is 12.1 Å². The van der Waals surface area contributed by atoms with E-state index in [-0.39, 0.29) is 5.02 Å². The van der Waals surface area contributed by atoms with Crippen LogP contribution >= 0.6 is 11.6 Å². The second-order valence-electron chi connectivity index (χ2n) is 3.16. The van der Waals surface area contributed by atoms with Crippen molar-refractivity contribution in [3.05, 3.63) is 34.6 Å². The summed E-state index contributed by atoms with van der Waals surface area (Å²) in [6, 6.07) is 6.05. The number of nitrogens with zero attached hydrogens (tertiary/aromatic N) is 1. The Labute approximate surface area is 93.7 Å². The van der Waals surface area contributed by atoms with Crippen molar-refractivity contribution in [1.29, 1.82) is 5.26 Å². The first-order chi connectivity index (χ1) is 7.20. The molecule has 1 aromatic carbocycles. The van der Waals surface area contributed by atoms with Crippen LogP contribution in [-0.4, -0.2) is 6.54 Å². The molecule has 0 saturated carbocycles. The molecule has 4 heteroatoms. The van der Waals surface area contributed by atoms with Crippen LogP contribution in [0.3, 0.4) is 0 Å². The summed E-state index contributed by atoms with van der Waals surface area (Å²) in [5, 5.41) is 11.9. The average molecular weight is 227 g/mol. The molecule has 2 nitrogen and oxygen atoms in total. The van der Waals surface area contributed by atoms with Crippen LogP contribution < -0.4 is 5.32 Å². The zero-order valence-electron chi connectivity index (χ0n) is 8.43. The van der Waals surface area contributed by atoms with Gasteiger partial charge in [0.1, 0.15) is 11.9 Å². The fourth-order valence-electron chi connectivity index (χ4n) is 1.26. The number of hydrogen-bond donors (Lipinski definition) is 1. The first kappa shape index (κ1) is 12.0. The van der Waals surface area contributed by atoms with Gasteiger partial charge in [0.25, 0.3) is 0 Å². The summed E-state index contributed by atoms with van der Waals surface area (Å²) in [5.41, 5.74) is 0.304. The number of nitrogens with one attached hydrogen (secondary N) is 1. The van der Waals surface area contributed by atoms with Crippen molar-refractivity contribution in [2.24, 2.45) is 0 Å². The molecular weight excluding hydrogens is 215 g/mol. The quantitative estimate of drug-likeness (QED) is 0.857. The highest BCUT2D eigenvalue weighted by Crippen LogP contribution is 2.22. The van der Waals surface area contributed by atoms with Crippen LogP contribution in [0.15, 0.2) is 18.2 Å². The minimum atomic E-state index is -0.636. The normalized spacial score (nSPS) is 12.1. The molecule has 0 aliphatic carbocycles. The summed E-state index contributed by atoms with van der Waals surface area (Å²) in [5.74, 6) is -0.519. The monoisotopic (exact) mass is 226 g/mol. The summed E-state index contributed by atoms with van der Waals surface area (Å²) < 4.78 is 13.5. The fraction of sp³-hybridized carbons (Fsp3) is 0.364. The number of halogens is 2. The molecule has 1 atom stereocenters. The largest absolute Gasteiger partial charge is 0.298 e. The van der Waals surface area contributed by atoms with Crippen molar-refractivity contribution in [2.45, 2.75) is 19.4 Å². The molecule has 15 heavy (non-hydrogen) atoms. The number of benzene rings is 1. The molecule has 0 aliphatic heterocycles. The Morgan fingerprint density at radius 1 is 1.60 bits per heavy atom.